The van der Waals surface area contributed by atoms with Crippen molar-refractivity contribution in [2.45, 2.75) is 0 Å². The van der Waals surface area contributed by atoms with Gasteiger partial charge in [-0.3, -0.25) is 5.41 Å². The van der Waals surface area contributed by atoms with Crippen molar-refractivity contribution in [2.75, 3.05) is 26.3 Å². The molecule has 0 aliphatic carbocycles. The van der Waals surface area contributed by atoms with E-state index >= 15 is 0 Å². The van der Waals surface area contributed by atoms with E-state index in [1.54, 1.807) is 18.4 Å². The minimum atomic E-state index is 0.452. The Morgan fingerprint density at radius 2 is 2.15 bits per heavy atom. The van der Waals surface area contributed by atoms with E-state index < -0.39 is 0 Å². The molecule has 1 aliphatic rings. The van der Waals surface area contributed by atoms with E-state index in [0.717, 1.165) is 13.1 Å². The van der Waals surface area contributed by atoms with Crippen LogP contribution in [0.3, 0.4) is 0 Å². The van der Waals surface area contributed by atoms with Crippen molar-refractivity contribution in [1.82, 2.24) is 4.90 Å². The Morgan fingerprint density at radius 1 is 1.38 bits per heavy atom. The Hall–Kier alpha value is -1.29. The van der Waals surface area contributed by atoms with Crippen molar-refractivity contribution in [3.05, 3.63) is 24.2 Å². The van der Waals surface area contributed by atoms with Crippen LogP contribution in [0.25, 0.3) is 0 Å². The lowest BCUT2D eigenvalue weighted by Crippen LogP contribution is -2.40. The molecule has 0 bridgehead atoms. The van der Waals surface area contributed by atoms with Crippen molar-refractivity contribution >= 4 is 5.84 Å². The molecule has 0 amide bonds. The van der Waals surface area contributed by atoms with Gasteiger partial charge in [-0.25, -0.2) is 0 Å². The molecule has 13 heavy (non-hydrogen) atoms. The molecule has 0 radical (unpaired) electrons. The minimum absolute atomic E-state index is 0.452. The Kier molecular flexibility index (Phi) is 2.31. The molecule has 1 saturated heterocycles. The summed E-state index contributed by atoms with van der Waals surface area (Å²) in [6, 6.07) is 3.60. The minimum Gasteiger partial charge on any atom is -0.461 e. The molecule has 4 nitrogen and oxygen atoms in total. The topological polar surface area (TPSA) is 49.5 Å². The third-order valence-electron chi connectivity index (χ3n) is 2.08. The number of hydrogen-bond acceptors (Lipinski definition) is 3. The lowest BCUT2D eigenvalue weighted by atomic mass is 10.3. The van der Waals surface area contributed by atoms with E-state index in [1.807, 2.05) is 4.90 Å². The van der Waals surface area contributed by atoms with Gasteiger partial charge in [0.05, 0.1) is 19.5 Å². The number of amidine groups is 1. The van der Waals surface area contributed by atoms with Crippen molar-refractivity contribution in [1.29, 1.82) is 5.41 Å². The molecule has 4 heteroatoms. The molecule has 0 unspecified atom stereocenters. The van der Waals surface area contributed by atoms with Crippen LogP contribution in [0.5, 0.6) is 0 Å². The number of nitrogens with one attached hydrogen (secondary N) is 1. The van der Waals surface area contributed by atoms with E-state index in [-0.39, 0.29) is 0 Å². The molecule has 0 spiro atoms. The summed E-state index contributed by atoms with van der Waals surface area (Å²) >= 11 is 0. The van der Waals surface area contributed by atoms with E-state index in [2.05, 4.69) is 0 Å². The highest BCUT2D eigenvalue weighted by Crippen LogP contribution is 2.07. The first-order valence-electron chi connectivity index (χ1n) is 4.33. The number of hydrogen-bond donors (Lipinski definition) is 1. The van der Waals surface area contributed by atoms with E-state index in [0.29, 0.717) is 24.8 Å². The summed E-state index contributed by atoms with van der Waals surface area (Å²) in [4.78, 5) is 1.96. The normalized spacial score (nSPS) is 17.4. The average molecular weight is 180 g/mol. The summed E-state index contributed by atoms with van der Waals surface area (Å²) in [5.41, 5.74) is 0. The molecule has 0 saturated carbocycles. The first kappa shape index (κ1) is 8.31. The SMILES string of the molecule is N=C(c1ccco1)N1CCOCC1. The van der Waals surface area contributed by atoms with E-state index in [9.17, 15) is 0 Å². The number of morpholine rings is 1. The molecular formula is C9H12N2O2. The van der Waals surface area contributed by atoms with Gasteiger partial charge in [0, 0.05) is 13.1 Å². The van der Waals surface area contributed by atoms with Gasteiger partial charge in [0.2, 0.25) is 0 Å². The maximum atomic E-state index is 7.82. The first-order valence-corrected chi connectivity index (χ1v) is 4.33. The van der Waals surface area contributed by atoms with E-state index in [4.69, 9.17) is 14.6 Å². The first-order chi connectivity index (χ1) is 6.38. The molecule has 1 fully saturated rings. The van der Waals surface area contributed by atoms with Gasteiger partial charge in [-0.2, -0.15) is 0 Å². The highest BCUT2D eigenvalue weighted by atomic mass is 16.5. The van der Waals surface area contributed by atoms with Crippen molar-refractivity contribution < 1.29 is 9.15 Å². The Bertz CT molecular complexity index is 276. The van der Waals surface area contributed by atoms with Gasteiger partial charge in [0.1, 0.15) is 0 Å². The standard InChI is InChI=1S/C9H12N2O2/c10-9(8-2-1-5-13-8)11-3-6-12-7-4-11/h1-2,5,10H,3-4,6-7H2. The van der Waals surface area contributed by atoms with Crippen LogP contribution < -0.4 is 0 Å². The molecule has 1 aromatic heterocycles. The van der Waals surface area contributed by atoms with Crippen LogP contribution in [0.15, 0.2) is 22.8 Å². The molecule has 1 aromatic rings. The van der Waals surface area contributed by atoms with E-state index in [1.165, 1.54) is 0 Å². The van der Waals surface area contributed by atoms with Crippen molar-refractivity contribution in [3.8, 4) is 0 Å². The largest absolute Gasteiger partial charge is 0.461 e. The van der Waals surface area contributed by atoms with Crippen molar-refractivity contribution in [3.63, 3.8) is 0 Å². The van der Waals surface area contributed by atoms with Crippen LogP contribution in [0.1, 0.15) is 5.76 Å². The monoisotopic (exact) mass is 180 g/mol. The second kappa shape index (κ2) is 3.62. The average Bonchev–Trinajstić information content (AvgIpc) is 2.71. The second-order valence-corrected chi connectivity index (χ2v) is 2.93. The number of ether oxygens (including phenoxy) is 1. The molecule has 70 valence electrons. The van der Waals surface area contributed by atoms with Crippen LogP contribution >= 0.6 is 0 Å². The number of furan rings is 1. The summed E-state index contributed by atoms with van der Waals surface area (Å²) in [5, 5.41) is 7.82. The molecule has 0 atom stereocenters. The van der Waals surface area contributed by atoms with Crippen LogP contribution in [-0.4, -0.2) is 37.0 Å². The Morgan fingerprint density at radius 3 is 2.77 bits per heavy atom. The molecule has 2 rings (SSSR count). The summed E-state index contributed by atoms with van der Waals surface area (Å²) in [5.74, 6) is 1.08. The Balaban J connectivity index is 2.04. The smallest absolute Gasteiger partial charge is 0.168 e. The zero-order valence-corrected chi connectivity index (χ0v) is 7.32. The lowest BCUT2D eigenvalue weighted by molar-refractivity contribution is 0.0675. The van der Waals surface area contributed by atoms with Crippen LogP contribution in [0.2, 0.25) is 0 Å². The zero-order chi connectivity index (χ0) is 9.10. The van der Waals surface area contributed by atoms with Gasteiger partial charge >= 0.3 is 0 Å². The zero-order valence-electron chi connectivity index (χ0n) is 7.32. The third-order valence-corrected chi connectivity index (χ3v) is 2.08. The molecule has 2 heterocycles. The molecule has 1 aliphatic heterocycles. The predicted molar refractivity (Wildman–Crippen MR) is 47.9 cm³/mol. The quantitative estimate of drug-likeness (QED) is 0.516. The van der Waals surface area contributed by atoms with Gasteiger partial charge in [0.15, 0.2) is 11.6 Å². The second-order valence-electron chi connectivity index (χ2n) is 2.93. The number of nitrogens with zero attached hydrogens (tertiary/aromatic N) is 1. The highest BCUT2D eigenvalue weighted by molar-refractivity contribution is 5.93. The third kappa shape index (κ3) is 1.72. The maximum absolute atomic E-state index is 7.82. The van der Waals surface area contributed by atoms with Crippen LogP contribution in [0, 0.1) is 5.41 Å². The summed E-state index contributed by atoms with van der Waals surface area (Å²) in [6.07, 6.45) is 1.59. The molecule has 0 aromatic carbocycles. The van der Waals surface area contributed by atoms with Crippen LogP contribution in [0.4, 0.5) is 0 Å². The fraction of sp³-hybridized carbons (Fsp3) is 0.444. The Labute approximate surface area is 76.6 Å². The van der Waals surface area contributed by atoms with Crippen LogP contribution in [-0.2, 0) is 4.74 Å². The maximum Gasteiger partial charge on any atom is 0.168 e. The summed E-state index contributed by atoms with van der Waals surface area (Å²) in [6.45, 7) is 2.95. The van der Waals surface area contributed by atoms with Gasteiger partial charge in [0.25, 0.3) is 0 Å². The lowest BCUT2D eigenvalue weighted by Gasteiger charge is -2.27. The number of rotatable bonds is 1. The summed E-state index contributed by atoms with van der Waals surface area (Å²) < 4.78 is 10.3. The van der Waals surface area contributed by atoms with Gasteiger partial charge in [-0.15, -0.1) is 0 Å². The highest BCUT2D eigenvalue weighted by Gasteiger charge is 2.16. The molecule has 1 N–H and O–H groups in total. The summed E-state index contributed by atoms with van der Waals surface area (Å²) in [7, 11) is 0. The molecular weight excluding hydrogens is 168 g/mol. The van der Waals surface area contributed by atoms with Crippen molar-refractivity contribution in [2.24, 2.45) is 0 Å². The van der Waals surface area contributed by atoms with Gasteiger partial charge in [-0.05, 0) is 12.1 Å². The predicted octanol–water partition coefficient (Wildman–Crippen LogP) is 0.937. The fourth-order valence-corrected chi connectivity index (χ4v) is 1.36. The van der Waals surface area contributed by atoms with Gasteiger partial charge < -0.3 is 14.1 Å². The fourth-order valence-electron chi connectivity index (χ4n) is 1.36. The van der Waals surface area contributed by atoms with Gasteiger partial charge in [-0.1, -0.05) is 0 Å².